The van der Waals surface area contributed by atoms with E-state index in [0.29, 0.717) is 0 Å². The number of pyridine rings is 1. The Hall–Kier alpha value is -2.38. The molecule has 0 aliphatic rings. The van der Waals surface area contributed by atoms with Gasteiger partial charge in [-0.25, -0.2) is 4.52 Å². The molecule has 0 amide bonds. The van der Waals surface area contributed by atoms with E-state index < -0.39 is 10.1 Å². The maximum absolute atomic E-state index is 10.5. The second-order valence-corrected chi connectivity index (χ2v) is 5.84. The zero-order valence-electron chi connectivity index (χ0n) is 11.3. The molecular formula is C14H15N3O3S. The summed E-state index contributed by atoms with van der Waals surface area (Å²) in [4.78, 5) is -0.0666. The van der Waals surface area contributed by atoms with E-state index in [2.05, 4.69) is 5.10 Å². The number of hydrogen-bond acceptors (Lipinski definition) is 4. The molecule has 0 unspecified atom stereocenters. The average molecular weight is 305 g/mol. The maximum atomic E-state index is 10.5. The van der Waals surface area contributed by atoms with Crippen LogP contribution in [-0.2, 0) is 10.1 Å². The van der Waals surface area contributed by atoms with Crippen LogP contribution in [0.25, 0.3) is 5.52 Å². The first-order valence-corrected chi connectivity index (χ1v) is 7.54. The molecular weight excluding hydrogens is 290 g/mol. The van der Waals surface area contributed by atoms with E-state index in [-0.39, 0.29) is 4.90 Å². The number of rotatable bonds is 1. The molecule has 2 heterocycles. The van der Waals surface area contributed by atoms with Gasteiger partial charge in [-0.15, -0.1) is 0 Å². The van der Waals surface area contributed by atoms with Gasteiger partial charge in [-0.2, -0.15) is 13.5 Å². The van der Waals surface area contributed by atoms with Crippen LogP contribution in [0.1, 0.15) is 5.56 Å². The van der Waals surface area contributed by atoms with Crippen molar-refractivity contribution in [2.45, 2.75) is 11.8 Å². The fourth-order valence-corrected chi connectivity index (χ4v) is 2.14. The Labute approximate surface area is 122 Å². The van der Waals surface area contributed by atoms with Gasteiger partial charge >= 0.3 is 0 Å². The average Bonchev–Trinajstić information content (AvgIpc) is 2.81. The van der Waals surface area contributed by atoms with E-state index in [1.165, 1.54) is 12.1 Å². The molecule has 7 heteroatoms. The lowest BCUT2D eigenvalue weighted by molar-refractivity contribution is 0.483. The van der Waals surface area contributed by atoms with Crippen molar-refractivity contribution < 1.29 is 13.0 Å². The second kappa shape index (κ2) is 5.94. The largest absolute Gasteiger partial charge is 0.396 e. The lowest BCUT2D eigenvalue weighted by Crippen LogP contribution is -1.96. The van der Waals surface area contributed by atoms with E-state index in [1.54, 1.807) is 22.8 Å². The molecule has 3 N–H and O–H groups in total. The predicted molar refractivity (Wildman–Crippen MR) is 80.6 cm³/mol. The van der Waals surface area contributed by atoms with Gasteiger partial charge in [-0.3, -0.25) is 4.55 Å². The van der Waals surface area contributed by atoms with Gasteiger partial charge in [0.05, 0.1) is 22.3 Å². The topological polar surface area (TPSA) is 97.7 Å². The van der Waals surface area contributed by atoms with Crippen molar-refractivity contribution in [1.82, 2.24) is 9.61 Å². The highest BCUT2D eigenvalue weighted by molar-refractivity contribution is 7.85. The number of hydrogen-bond donors (Lipinski definition) is 2. The third-order valence-electron chi connectivity index (χ3n) is 2.78. The molecule has 2 aromatic heterocycles. The molecule has 0 fully saturated rings. The van der Waals surface area contributed by atoms with Gasteiger partial charge in [-0.05, 0) is 31.2 Å². The summed E-state index contributed by atoms with van der Waals surface area (Å²) in [7, 11) is -4.02. The van der Waals surface area contributed by atoms with E-state index in [9.17, 15) is 8.42 Å². The number of nitrogens with two attached hydrogens (primary N) is 1. The third-order valence-corrected chi connectivity index (χ3v) is 3.64. The van der Waals surface area contributed by atoms with Crippen molar-refractivity contribution in [3.63, 3.8) is 0 Å². The molecule has 0 saturated heterocycles. The first kappa shape index (κ1) is 15.0. The molecule has 21 heavy (non-hydrogen) atoms. The zero-order valence-corrected chi connectivity index (χ0v) is 12.2. The molecule has 1 aromatic carbocycles. The van der Waals surface area contributed by atoms with E-state index >= 15 is 0 Å². The first-order chi connectivity index (χ1) is 9.88. The summed E-state index contributed by atoms with van der Waals surface area (Å²) in [5.41, 5.74) is 8.23. The Morgan fingerprint density at radius 1 is 1.14 bits per heavy atom. The number of nitrogens with zero attached hydrogens (tertiary/aromatic N) is 2. The Bertz CT molecular complexity index is 839. The maximum Gasteiger partial charge on any atom is 0.294 e. The normalized spacial score (nSPS) is 11.0. The fraction of sp³-hybridized carbons (Fsp3) is 0.0714. The van der Waals surface area contributed by atoms with Crippen LogP contribution in [0.4, 0.5) is 5.69 Å². The van der Waals surface area contributed by atoms with Crippen molar-refractivity contribution in [3.05, 3.63) is 60.4 Å². The number of aryl methyl sites for hydroxylation is 1. The van der Waals surface area contributed by atoms with Crippen LogP contribution in [0.3, 0.4) is 0 Å². The van der Waals surface area contributed by atoms with Gasteiger partial charge in [0.15, 0.2) is 0 Å². The molecule has 0 radical (unpaired) electrons. The summed E-state index contributed by atoms with van der Waals surface area (Å²) in [6, 6.07) is 11.8. The number of fused-ring (bicyclic) bond motifs is 1. The van der Waals surface area contributed by atoms with Gasteiger partial charge in [0.25, 0.3) is 10.1 Å². The van der Waals surface area contributed by atoms with Gasteiger partial charge in [-0.1, -0.05) is 23.8 Å². The SMILES string of the molecule is Cc1ccc(S(=O)(=O)O)cc1.Nc1cnn2ccccc12. The minimum Gasteiger partial charge on any atom is -0.396 e. The Morgan fingerprint density at radius 2 is 1.81 bits per heavy atom. The fourth-order valence-electron chi connectivity index (χ4n) is 1.66. The van der Waals surface area contributed by atoms with E-state index in [0.717, 1.165) is 16.8 Å². The van der Waals surface area contributed by atoms with Crippen LogP contribution >= 0.6 is 0 Å². The molecule has 110 valence electrons. The Morgan fingerprint density at radius 3 is 2.38 bits per heavy atom. The van der Waals surface area contributed by atoms with Crippen molar-refractivity contribution in [2.24, 2.45) is 0 Å². The minimum absolute atomic E-state index is 0.0666. The van der Waals surface area contributed by atoms with Crippen LogP contribution in [0.5, 0.6) is 0 Å². The highest BCUT2D eigenvalue weighted by atomic mass is 32.2. The van der Waals surface area contributed by atoms with E-state index in [1.807, 2.05) is 31.3 Å². The van der Waals surface area contributed by atoms with Crippen LogP contribution in [0.15, 0.2) is 59.8 Å². The zero-order chi connectivity index (χ0) is 15.5. The molecule has 3 rings (SSSR count). The molecule has 3 aromatic rings. The predicted octanol–water partition coefficient (Wildman–Crippen LogP) is 2.16. The molecule has 6 nitrogen and oxygen atoms in total. The van der Waals surface area contributed by atoms with Crippen LogP contribution < -0.4 is 5.73 Å². The molecule has 0 aliphatic heterocycles. The summed E-state index contributed by atoms with van der Waals surface area (Å²) >= 11 is 0. The number of aromatic nitrogens is 2. The van der Waals surface area contributed by atoms with Crippen LogP contribution in [-0.4, -0.2) is 22.6 Å². The number of benzene rings is 1. The van der Waals surface area contributed by atoms with Crippen molar-refractivity contribution >= 4 is 21.3 Å². The quantitative estimate of drug-likeness (QED) is 0.671. The number of nitrogen functional groups attached to an aromatic ring is 1. The smallest absolute Gasteiger partial charge is 0.294 e. The monoisotopic (exact) mass is 305 g/mol. The first-order valence-electron chi connectivity index (χ1n) is 6.10. The molecule has 0 saturated carbocycles. The summed E-state index contributed by atoms with van der Waals surface area (Å²) < 4.78 is 31.3. The molecule has 0 aliphatic carbocycles. The van der Waals surface area contributed by atoms with Gasteiger partial charge in [0, 0.05) is 6.20 Å². The molecule has 0 spiro atoms. The minimum atomic E-state index is -4.02. The van der Waals surface area contributed by atoms with Gasteiger partial charge in [0.2, 0.25) is 0 Å². The van der Waals surface area contributed by atoms with E-state index in [4.69, 9.17) is 10.3 Å². The summed E-state index contributed by atoms with van der Waals surface area (Å²) in [5.74, 6) is 0. The highest BCUT2D eigenvalue weighted by Gasteiger charge is 2.06. The van der Waals surface area contributed by atoms with Crippen molar-refractivity contribution in [2.75, 3.05) is 5.73 Å². The number of anilines is 1. The van der Waals surface area contributed by atoms with Gasteiger partial charge < -0.3 is 5.73 Å². The Balaban J connectivity index is 0.000000154. The van der Waals surface area contributed by atoms with Crippen molar-refractivity contribution in [1.29, 1.82) is 0 Å². The van der Waals surface area contributed by atoms with Crippen LogP contribution in [0, 0.1) is 6.92 Å². The Kier molecular flexibility index (Phi) is 4.25. The van der Waals surface area contributed by atoms with Gasteiger partial charge in [0.1, 0.15) is 0 Å². The molecule has 0 bridgehead atoms. The lowest BCUT2D eigenvalue weighted by atomic mass is 10.2. The standard InChI is InChI=1S/C7H7N3.C7H8O3S/c8-6-5-9-10-4-2-1-3-7(6)10;1-6-2-4-7(5-3-6)11(8,9)10/h1-5H,8H2;2-5H,1H3,(H,8,9,10). The summed E-state index contributed by atoms with van der Waals surface area (Å²) in [5, 5.41) is 4.01. The lowest BCUT2D eigenvalue weighted by Gasteiger charge is -1.95. The summed E-state index contributed by atoms with van der Waals surface area (Å²) in [6.07, 6.45) is 3.51. The highest BCUT2D eigenvalue weighted by Crippen LogP contribution is 2.10. The third kappa shape index (κ3) is 3.80. The van der Waals surface area contributed by atoms with Crippen molar-refractivity contribution in [3.8, 4) is 0 Å². The molecule has 0 atom stereocenters. The van der Waals surface area contributed by atoms with Crippen LogP contribution in [0.2, 0.25) is 0 Å². The second-order valence-electron chi connectivity index (χ2n) is 4.42. The summed E-state index contributed by atoms with van der Waals surface area (Å²) in [6.45, 7) is 1.84.